The molecule has 2 aromatic heterocycles. The first-order chi connectivity index (χ1) is 19.0. The molecule has 1 amide bonds. The largest absolute Gasteiger partial charge is 0.416 e. The van der Waals surface area contributed by atoms with Crippen molar-refractivity contribution in [2.45, 2.75) is 57.9 Å². The van der Waals surface area contributed by atoms with Crippen molar-refractivity contribution in [3.8, 4) is 11.8 Å². The first kappa shape index (κ1) is 27.1. The van der Waals surface area contributed by atoms with E-state index in [9.17, 15) is 23.1 Å². The Labute approximate surface area is 228 Å². The molecule has 4 N–H and O–H groups in total. The molecule has 0 saturated heterocycles. The first-order valence-corrected chi connectivity index (χ1v) is 12.8. The number of aliphatic hydroxyl groups excluding tert-OH is 1. The van der Waals surface area contributed by atoms with Crippen molar-refractivity contribution in [2.75, 3.05) is 11.1 Å². The Morgan fingerprint density at radius 1 is 1.05 bits per heavy atom. The molecule has 11 heteroatoms. The number of alkyl halides is 3. The van der Waals surface area contributed by atoms with Crippen LogP contribution in [0.2, 0.25) is 0 Å². The Morgan fingerprint density at radius 3 is 2.50 bits per heavy atom. The molecule has 2 heterocycles. The van der Waals surface area contributed by atoms with E-state index in [1.165, 1.54) is 25.4 Å². The van der Waals surface area contributed by atoms with Crippen LogP contribution in [0.4, 0.5) is 24.7 Å². The van der Waals surface area contributed by atoms with Gasteiger partial charge in [-0.1, -0.05) is 18.1 Å². The zero-order valence-corrected chi connectivity index (χ0v) is 21.9. The number of hydrogen-bond donors (Lipinski definition) is 3. The quantitative estimate of drug-likeness (QED) is 0.304. The summed E-state index contributed by atoms with van der Waals surface area (Å²) < 4.78 is 41.7. The second kappa shape index (κ2) is 10.6. The Bertz CT molecular complexity index is 1660. The third-order valence-corrected chi connectivity index (χ3v) is 7.15. The number of nitrogens with zero attached hydrogens (tertiary/aromatic N) is 4. The lowest BCUT2D eigenvalue weighted by molar-refractivity contribution is -0.138. The summed E-state index contributed by atoms with van der Waals surface area (Å²) >= 11 is 0. The van der Waals surface area contributed by atoms with E-state index in [2.05, 4.69) is 27.1 Å². The van der Waals surface area contributed by atoms with Gasteiger partial charge < -0.3 is 16.2 Å². The smallest absolute Gasteiger partial charge is 0.393 e. The number of aromatic nitrogens is 4. The highest BCUT2D eigenvalue weighted by Gasteiger charge is 2.33. The van der Waals surface area contributed by atoms with Crippen LogP contribution in [-0.4, -0.2) is 36.9 Å². The van der Waals surface area contributed by atoms with E-state index in [-0.39, 0.29) is 29.1 Å². The summed E-state index contributed by atoms with van der Waals surface area (Å²) in [5, 5.41) is 17.8. The molecule has 1 saturated carbocycles. The topological polar surface area (TPSA) is 119 Å². The number of carbonyl (C=O) groups excluding carboxylic acids is 1. The molecule has 40 heavy (non-hydrogen) atoms. The number of rotatable bonds is 3. The van der Waals surface area contributed by atoms with Gasteiger partial charge in [0, 0.05) is 16.8 Å². The highest BCUT2D eigenvalue weighted by molar-refractivity contribution is 6.04. The van der Waals surface area contributed by atoms with Gasteiger partial charge in [0.15, 0.2) is 5.65 Å². The average molecular weight is 549 g/mol. The standard InChI is InChI=1S/C29H27F3N6O2/c1-16-4-7-20(36-28(40)19-5-3-17(2)23(14-19)29(30,31)32)13-18(16)6-12-24-25-26(33)34-15-35-27(25)38(37-24)21-8-10-22(39)11-9-21/h3-5,7,13-15,21-22,39H,8-11H2,1-2H3,(H,36,40)(H2,33,34,35)/t21-,22+. The number of halogens is 3. The second-order valence-corrected chi connectivity index (χ2v) is 9.97. The van der Waals surface area contributed by atoms with Gasteiger partial charge in [-0.15, -0.1) is 0 Å². The third-order valence-electron chi connectivity index (χ3n) is 7.15. The molecule has 0 aliphatic heterocycles. The summed E-state index contributed by atoms with van der Waals surface area (Å²) in [5.41, 5.74) is 8.05. The number of benzene rings is 2. The predicted molar refractivity (Wildman–Crippen MR) is 145 cm³/mol. The maximum Gasteiger partial charge on any atom is 0.416 e. The molecular weight excluding hydrogens is 521 g/mol. The predicted octanol–water partition coefficient (Wildman–Crippen LogP) is 5.17. The van der Waals surface area contributed by atoms with Crippen LogP contribution >= 0.6 is 0 Å². The van der Waals surface area contributed by atoms with Crippen molar-refractivity contribution in [3.05, 3.63) is 76.2 Å². The summed E-state index contributed by atoms with van der Waals surface area (Å²) in [6.45, 7) is 3.20. The molecule has 0 unspecified atom stereocenters. The van der Waals surface area contributed by atoms with Crippen LogP contribution in [0.15, 0.2) is 42.7 Å². The zero-order chi connectivity index (χ0) is 28.6. The number of fused-ring (bicyclic) bond motifs is 1. The van der Waals surface area contributed by atoms with Crippen LogP contribution in [0.5, 0.6) is 0 Å². The minimum Gasteiger partial charge on any atom is -0.393 e. The number of amides is 1. The van der Waals surface area contributed by atoms with Crippen LogP contribution in [0.3, 0.4) is 0 Å². The van der Waals surface area contributed by atoms with Crippen molar-refractivity contribution in [2.24, 2.45) is 0 Å². The maximum atomic E-state index is 13.3. The number of nitrogen functional groups attached to an aromatic ring is 1. The third kappa shape index (κ3) is 5.49. The molecule has 1 aliphatic carbocycles. The minimum atomic E-state index is -4.56. The maximum absolute atomic E-state index is 13.3. The summed E-state index contributed by atoms with van der Waals surface area (Å²) in [7, 11) is 0. The highest BCUT2D eigenvalue weighted by atomic mass is 19.4. The molecule has 1 fully saturated rings. The normalized spacial score (nSPS) is 17.4. The van der Waals surface area contributed by atoms with E-state index >= 15 is 0 Å². The molecule has 0 bridgehead atoms. The van der Waals surface area contributed by atoms with E-state index in [1.54, 1.807) is 18.2 Å². The van der Waals surface area contributed by atoms with Gasteiger partial charge in [0.25, 0.3) is 5.91 Å². The van der Waals surface area contributed by atoms with Gasteiger partial charge in [-0.2, -0.15) is 18.3 Å². The van der Waals surface area contributed by atoms with Crippen molar-refractivity contribution in [1.82, 2.24) is 19.7 Å². The van der Waals surface area contributed by atoms with E-state index < -0.39 is 17.6 Å². The summed E-state index contributed by atoms with van der Waals surface area (Å²) in [6.07, 6.45) is -0.645. The summed E-state index contributed by atoms with van der Waals surface area (Å²) in [4.78, 5) is 21.3. The Balaban J connectivity index is 1.44. The van der Waals surface area contributed by atoms with Gasteiger partial charge in [-0.05, 0) is 80.8 Å². The van der Waals surface area contributed by atoms with Crippen LogP contribution in [0.1, 0.15) is 70.0 Å². The Morgan fingerprint density at radius 2 is 1.77 bits per heavy atom. The number of nitrogens with two attached hydrogens (primary N) is 1. The van der Waals surface area contributed by atoms with Crippen molar-refractivity contribution in [3.63, 3.8) is 0 Å². The molecule has 5 rings (SSSR count). The highest BCUT2D eigenvalue weighted by Crippen LogP contribution is 2.33. The van der Waals surface area contributed by atoms with Gasteiger partial charge in [-0.25, -0.2) is 14.6 Å². The molecule has 0 radical (unpaired) electrons. The first-order valence-electron chi connectivity index (χ1n) is 12.8. The molecule has 0 spiro atoms. The number of anilines is 2. The Kier molecular flexibility index (Phi) is 7.21. The van der Waals surface area contributed by atoms with Crippen molar-refractivity contribution in [1.29, 1.82) is 0 Å². The monoisotopic (exact) mass is 548 g/mol. The lowest BCUT2D eigenvalue weighted by Crippen LogP contribution is -2.22. The van der Waals surface area contributed by atoms with E-state index in [1.807, 2.05) is 11.6 Å². The molecule has 8 nitrogen and oxygen atoms in total. The van der Waals surface area contributed by atoms with Crippen LogP contribution in [0, 0.1) is 25.7 Å². The van der Waals surface area contributed by atoms with Crippen LogP contribution in [-0.2, 0) is 6.18 Å². The summed E-state index contributed by atoms with van der Waals surface area (Å²) in [6, 6.07) is 8.60. The SMILES string of the molecule is Cc1ccc(NC(=O)c2ccc(C)c(C(F)(F)F)c2)cc1C#Cc1nn([C@H]2CC[C@@H](O)CC2)c2ncnc(N)c12. The van der Waals surface area contributed by atoms with Crippen molar-refractivity contribution >= 4 is 28.4 Å². The zero-order valence-electron chi connectivity index (χ0n) is 21.9. The summed E-state index contributed by atoms with van der Waals surface area (Å²) in [5.74, 6) is 5.74. The lowest BCUT2D eigenvalue weighted by Gasteiger charge is -2.25. The van der Waals surface area contributed by atoms with E-state index in [4.69, 9.17) is 10.8 Å². The Hall–Kier alpha value is -4.43. The number of nitrogens with one attached hydrogen (secondary N) is 1. The minimum absolute atomic E-state index is 0.0408. The number of aliphatic hydroxyl groups is 1. The van der Waals surface area contributed by atoms with E-state index in [0.29, 0.717) is 40.8 Å². The van der Waals surface area contributed by atoms with Crippen molar-refractivity contribution < 1.29 is 23.1 Å². The average Bonchev–Trinajstić information content (AvgIpc) is 3.29. The molecule has 206 valence electrons. The van der Waals surface area contributed by atoms with Gasteiger partial charge in [-0.3, -0.25) is 4.79 Å². The lowest BCUT2D eigenvalue weighted by atomic mass is 9.93. The fraction of sp³-hybridized carbons (Fsp3) is 0.310. The van der Waals surface area contributed by atoms with Gasteiger partial charge in [0.05, 0.1) is 23.1 Å². The molecule has 2 aromatic carbocycles. The molecule has 1 aliphatic rings. The number of hydrogen-bond acceptors (Lipinski definition) is 6. The number of aryl methyl sites for hydroxylation is 2. The number of carbonyl (C=O) groups is 1. The van der Waals surface area contributed by atoms with Crippen LogP contribution < -0.4 is 11.1 Å². The van der Waals surface area contributed by atoms with E-state index in [0.717, 1.165) is 24.5 Å². The molecule has 0 atom stereocenters. The molecule has 4 aromatic rings. The van der Waals surface area contributed by atoms with Gasteiger partial charge in [0.1, 0.15) is 17.8 Å². The molecular formula is C29H27F3N6O2. The van der Waals surface area contributed by atoms with Gasteiger partial charge >= 0.3 is 6.18 Å². The fourth-order valence-electron chi connectivity index (χ4n) is 4.87. The second-order valence-electron chi connectivity index (χ2n) is 9.97. The fourth-order valence-corrected chi connectivity index (χ4v) is 4.87. The van der Waals surface area contributed by atoms with Gasteiger partial charge in [0.2, 0.25) is 0 Å². The van der Waals surface area contributed by atoms with Crippen LogP contribution in [0.25, 0.3) is 11.0 Å².